The molecule has 3 atom stereocenters. The molecule has 2 amide bonds. The van der Waals surface area contributed by atoms with Crippen molar-refractivity contribution in [2.45, 2.75) is 44.6 Å². The highest BCUT2D eigenvalue weighted by molar-refractivity contribution is 5.86. The predicted octanol–water partition coefficient (Wildman–Crippen LogP) is 3.77. The fourth-order valence-electron chi connectivity index (χ4n) is 4.16. The van der Waals surface area contributed by atoms with Gasteiger partial charge in [-0.15, -0.1) is 13.2 Å². The molecule has 0 saturated heterocycles. The van der Waals surface area contributed by atoms with Gasteiger partial charge in [-0.05, 0) is 43.2 Å². The molecule has 0 aliphatic rings. The van der Waals surface area contributed by atoms with Crippen molar-refractivity contribution in [3.8, 4) is 0 Å². The van der Waals surface area contributed by atoms with Crippen LogP contribution in [0.2, 0.25) is 0 Å². The molecule has 3 N–H and O–H groups in total. The fourth-order valence-corrected chi connectivity index (χ4v) is 4.16. The van der Waals surface area contributed by atoms with Crippen molar-refractivity contribution in [3.63, 3.8) is 0 Å². The highest BCUT2D eigenvalue weighted by Gasteiger charge is 2.23. The SMILES string of the molecule is C=CCCC(Cc1ccccc1)C(=O)OCCNC(=O)C(CC=C)CC(=O)NC(CO)Cc1ccccc1. The van der Waals surface area contributed by atoms with Gasteiger partial charge < -0.3 is 20.5 Å². The van der Waals surface area contributed by atoms with Gasteiger partial charge in [0.25, 0.3) is 0 Å². The number of benzene rings is 2. The smallest absolute Gasteiger partial charge is 0.309 e. The van der Waals surface area contributed by atoms with Crippen molar-refractivity contribution in [3.05, 3.63) is 97.1 Å². The third kappa shape index (κ3) is 11.6. The Bertz CT molecular complexity index is 1010. The average Bonchev–Trinajstić information content (AvgIpc) is 2.93. The lowest BCUT2D eigenvalue weighted by molar-refractivity contribution is -0.149. The fraction of sp³-hybridized carbons (Fsp3) is 0.387. The number of ether oxygens (including phenoxy) is 1. The average molecular weight is 521 g/mol. The molecule has 204 valence electrons. The molecule has 7 heteroatoms. The Kier molecular flexibility index (Phi) is 14.2. The van der Waals surface area contributed by atoms with Gasteiger partial charge in [-0.2, -0.15) is 0 Å². The quantitative estimate of drug-likeness (QED) is 0.158. The molecule has 0 aliphatic carbocycles. The second-order valence-electron chi connectivity index (χ2n) is 9.27. The second kappa shape index (κ2) is 17.7. The number of hydrogen-bond acceptors (Lipinski definition) is 5. The van der Waals surface area contributed by atoms with Crippen LogP contribution in [-0.2, 0) is 32.0 Å². The van der Waals surface area contributed by atoms with Crippen LogP contribution in [-0.4, -0.2) is 48.7 Å². The molecular formula is C31H40N2O5. The molecule has 0 bridgehead atoms. The minimum Gasteiger partial charge on any atom is -0.464 e. The number of aliphatic hydroxyl groups excluding tert-OH is 1. The van der Waals surface area contributed by atoms with Crippen LogP contribution in [0.4, 0.5) is 0 Å². The van der Waals surface area contributed by atoms with E-state index in [0.29, 0.717) is 32.1 Å². The number of amides is 2. The lowest BCUT2D eigenvalue weighted by Crippen LogP contribution is -2.42. The molecule has 0 aromatic heterocycles. The van der Waals surface area contributed by atoms with Gasteiger partial charge in [-0.3, -0.25) is 14.4 Å². The van der Waals surface area contributed by atoms with E-state index >= 15 is 0 Å². The molecule has 3 unspecified atom stereocenters. The monoisotopic (exact) mass is 520 g/mol. The van der Waals surface area contributed by atoms with Crippen LogP contribution in [0.5, 0.6) is 0 Å². The molecule has 0 saturated carbocycles. The van der Waals surface area contributed by atoms with Crippen LogP contribution < -0.4 is 10.6 Å². The van der Waals surface area contributed by atoms with Crippen LogP contribution >= 0.6 is 0 Å². The van der Waals surface area contributed by atoms with Crippen molar-refractivity contribution < 1.29 is 24.2 Å². The molecule has 0 fully saturated rings. The first-order chi connectivity index (χ1) is 18.5. The van der Waals surface area contributed by atoms with Gasteiger partial charge in [0.2, 0.25) is 11.8 Å². The molecule has 0 aliphatic heterocycles. The van der Waals surface area contributed by atoms with Gasteiger partial charge in [0.15, 0.2) is 0 Å². The zero-order valence-electron chi connectivity index (χ0n) is 22.0. The van der Waals surface area contributed by atoms with Gasteiger partial charge in [0, 0.05) is 6.42 Å². The Morgan fingerprint density at radius 2 is 1.53 bits per heavy atom. The van der Waals surface area contributed by atoms with Gasteiger partial charge in [0.1, 0.15) is 6.61 Å². The maximum absolute atomic E-state index is 12.7. The first-order valence-corrected chi connectivity index (χ1v) is 13.1. The Morgan fingerprint density at radius 1 is 0.895 bits per heavy atom. The van der Waals surface area contributed by atoms with Crippen LogP contribution in [0, 0.1) is 11.8 Å². The first kappa shape index (κ1) is 30.5. The largest absolute Gasteiger partial charge is 0.464 e. The van der Waals surface area contributed by atoms with Crippen molar-refractivity contribution in [2.75, 3.05) is 19.8 Å². The molecule has 0 spiro atoms. The van der Waals surface area contributed by atoms with Gasteiger partial charge in [-0.1, -0.05) is 72.8 Å². The number of allylic oxidation sites excluding steroid dienone is 2. The van der Waals surface area contributed by atoms with Crippen LogP contribution in [0.3, 0.4) is 0 Å². The van der Waals surface area contributed by atoms with Crippen molar-refractivity contribution >= 4 is 17.8 Å². The van der Waals surface area contributed by atoms with Gasteiger partial charge >= 0.3 is 5.97 Å². The molecule has 38 heavy (non-hydrogen) atoms. The maximum Gasteiger partial charge on any atom is 0.309 e. The minimum atomic E-state index is -0.613. The number of esters is 1. The number of nitrogens with one attached hydrogen (secondary N) is 2. The summed E-state index contributed by atoms with van der Waals surface area (Å²) in [6.45, 7) is 7.41. The second-order valence-corrected chi connectivity index (χ2v) is 9.27. The topological polar surface area (TPSA) is 105 Å². The molecular weight excluding hydrogens is 480 g/mol. The summed E-state index contributed by atoms with van der Waals surface area (Å²) in [5.41, 5.74) is 2.06. The van der Waals surface area contributed by atoms with E-state index in [1.54, 1.807) is 12.2 Å². The van der Waals surface area contributed by atoms with Crippen molar-refractivity contribution in [2.24, 2.45) is 11.8 Å². The number of rotatable bonds is 18. The maximum atomic E-state index is 12.7. The van der Waals surface area contributed by atoms with Crippen LogP contribution in [0.25, 0.3) is 0 Å². The van der Waals surface area contributed by atoms with Crippen molar-refractivity contribution in [1.29, 1.82) is 0 Å². The summed E-state index contributed by atoms with van der Waals surface area (Å²) in [6, 6.07) is 18.9. The summed E-state index contributed by atoms with van der Waals surface area (Å²) in [6.07, 6.45) is 6.08. The standard InChI is InChI=1S/C31H40N2O5/c1-3-5-17-27(20-24-13-8-6-9-14-24)31(37)38-19-18-32-30(36)26(12-4-2)22-29(35)33-28(23-34)21-25-15-10-7-11-16-25/h3-4,6-11,13-16,26-28,34H,1-2,5,12,17-23H2,(H,32,36)(H,33,35). The van der Waals surface area contributed by atoms with E-state index in [4.69, 9.17) is 4.74 Å². The van der Waals surface area contributed by atoms with E-state index in [1.165, 1.54) is 0 Å². The lowest BCUT2D eigenvalue weighted by atomic mass is 9.95. The van der Waals surface area contributed by atoms with Crippen LogP contribution in [0.15, 0.2) is 86.0 Å². The summed E-state index contributed by atoms with van der Waals surface area (Å²) >= 11 is 0. The predicted molar refractivity (Wildman–Crippen MR) is 149 cm³/mol. The van der Waals surface area contributed by atoms with Crippen LogP contribution in [0.1, 0.15) is 36.8 Å². The molecule has 0 heterocycles. The Hall–Kier alpha value is -3.71. The Morgan fingerprint density at radius 3 is 2.11 bits per heavy atom. The van der Waals surface area contributed by atoms with Gasteiger partial charge in [-0.25, -0.2) is 0 Å². The van der Waals surface area contributed by atoms with Gasteiger partial charge in [0.05, 0.1) is 31.0 Å². The molecule has 2 aromatic carbocycles. The molecule has 0 radical (unpaired) electrons. The zero-order valence-corrected chi connectivity index (χ0v) is 22.0. The molecule has 2 aromatic rings. The lowest BCUT2D eigenvalue weighted by Gasteiger charge is -2.20. The summed E-state index contributed by atoms with van der Waals surface area (Å²) in [5, 5.41) is 15.3. The third-order valence-electron chi connectivity index (χ3n) is 6.19. The number of aliphatic hydroxyl groups is 1. The highest BCUT2D eigenvalue weighted by atomic mass is 16.5. The Balaban J connectivity index is 1.80. The zero-order chi connectivity index (χ0) is 27.6. The summed E-state index contributed by atoms with van der Waals surface area (Å²) in [7, 11) is 0. The van der Waals surface area contributed by atoms with E-state index in [9.17, 15) is 19.5 Å². The highest BCUT2D eigenvalue weighted by Crippen LogP contribution is 2.16. The minimum absolute atomic E-state index is 0.0381. The normalized spacial score (nSPS) is 13.0. The van der Waals surface area contributed by atoms with E-state index < -0.39 is 12.0 Å². The number of carbonyl (C=O) groups is 3. The summed E-state index contributed by atoms with van der Waals surface area (Å²) in [4.78, 5) is 38.0. The van der Waals surface area contributed by atoms with E-state index in [2.05, 4.69) is 23.8 Å². The number of hydrogen-bond donors (Lipinski definition) is 3. The number of carbonyl (C=O) groups excluding carboxylic acids is 3. The van der Waals surface area contributed by atoms with E-state index in [-0.39, 0.29) is 49.9 Å². The summed E-state index contributed by atoms with van der Waals surface area (Å²) in [5.74, 6) is -1.84. The van der Waals surface area contributed by atoms with Crippen molar-refractivity contribution in [1.82, 2.24) is 10.6 Å². The first-order valence-electron chi connectivity index (χ1n) is 13.1. The molecule has 7 nitrogen and oxygen atoms in total. The molecule has 2 rings (SSSR count). The van der Waals surface area contributed by atoms with E-state index in [1.807, 2.05) is 60.7 Å². The summed E-state index contributed by atoms with van der Waals surface area (Å²) < 4.78 is 5.45. The van der Waals surface area contributed by atoms with E-state index in [0.717, 1.165) is 11.1 Å². The Labute approximate surface area is 226 Å². The third-order valence-corrected chi connectivity index (χ3v) is 6.19.